The van der Waals surface area contributed by atoms with E-state index >= 15 is 0 Å². The number of rotatable bonds is 1. The van der Waals surface area contributed by atoms with E-state index in [4.69, 9.17) is 14.2 Å². The molecule has 1 aromatic carbocycles. The summed E-state index contributed by atoms with van der Waals surface area (Å²) in [5.74, 6) is 0. The van der Waals surface area contributed by atoms with Crippen molar-refractivity contribution in [3.63, 3.8) is 0 Å². The lowest BCUT2D eigenvalue weighted by Crippen LogP contribution is -2.49. The maximum Gasteiger partial charge on any atom is 0.184 e. The number of fused-ring (bicyclic) bond motifs is 1. The highest BCUT2D eigenvalue weighted by Crippen LogP contribution is 2.30. The fourth-order valence-electron chi connectivity index (χ4n) is 2.09. The molecule has 1 saturated heterocycles. The number of benzene rings is 1. The molecule has 0 aliphatic carbocycles. The van der Waals surface area contributed by atoms with Gasteiger partial charge >= 0.3 is 0 Å². The number of hydrogen-bond acceptors (Lipinski definition) is 4. The molecule has 2 aliphatic heterocycles. The minimum absolute atomic E-state index is 0.227. The third-order valence-corrected chi connectivity index (χ3v) is 3.00. The first-order valence-corrected chi connectivity index (χ1v) is 5.67. The van der Waals surface area contributed by atoms with Crippen molar-refractivity contribution in [2.75, 3.05) is 6.61 Å². The van der Waals surface area contributed by atoms with Crippen LogP contribution in [-0.2, 0) is 14.2 Å². The molecule has 0 aromatic heterocycles. The molecule has 90 valence electrons. The fourth-order valence-corrected chi connectivity index (χ4v) is 2.09. The largest absolute Gasteiger partial charge is 0.493 e. The minimum Gasteiger partial charge on any atom is -0.493 e. The van der Waals surface area contributed by atoms with Crippen LogP contribution in [0.1, 0.15) is 11.9 Å². The average molecular weight is 234 g/mol. The standard InChI is InChI=1S/C13H14O4/c14-10-6-7-15-11-8-16-13(17-12(10)11)9-4-2-1-3-5-9/h1-7,10-14H,8H2/t10-,11+,12-,13?/m0/s1. The van der Waals surface area contributed by atoms with Crippen LogP contribution >= 0.6 is 0 Å². The molecule has 4 heteroatoms. The average Bonchev–Trinajstić information content (AvgIpc) is 2.40. The van der Waals surface area contributed by atoms with E-state index in [0.717, 1.165) is 5.56 Å². The molecule has 3 rings (SSSR count). The lowest BCUT2D eigenvalue weighted by atomic mass is 10.0. The Morgan fingerprint density at radius 3 is 2.82 bits per heavy atom. The van der Waals surface area contributed by atoms with Crippen molar-refractivity contribution in [1.29, 1.82) is 0 Å². The van der Waals surface area contributed by atoms with Crippen molar-refractivity contribution < 1.29 is 19.3 Å². The molecule has 1 fully saturated rings. The van der Waals surface area contributed by atoms with Gasteiger partial charge in [-0.05, 0) is 6.08 Å². The summed E-state index contributed by atoms with van der Waals surface area (Å²) in [6.07, 6.45) is 1.44. The fraction of sp³-hybridized carbons (Fsp3) is 0.385. The van der Waals surface area contributed by atoms with Gasteiger partial charge in [0.1, 0.15) is 12.2 Å². The molecule has 4 nitrogen and oxygen atoms in total. The van der Waals surface area contributed by atoms with Gasteiger partial charge < -0.3 is 19.3 Å². The maximum atomic E-state index is 9.82. The minimum atomic E-state index is -0.635. The summed E-state index contributed by atoms with van der Waals surface area (Å²) in [6.45, 7) is 0.422. The number of hydrogen-bond donors (Lipinski definition) is 1. The number of aliphatic hydroxyl groups is 1. The predicted molar refractivity (Wildman–Crippen MR) is 60.0 cm³/mol. The quantitative estimate of drug-likeness (QED) is 0.797. The Labute approximate surface area is 99.4 Å². The second-order valence-electron chi connectivity index (χ2n) is 4.17. The van der Waals surface area contributed by atoms with Gasteiger partial charge in [-0.25, -0.2) is 0 Å². The molecule has 1 unspecified atom stereocenters. The summed E-state index contributed by atoms with van der Waals surface area (Å²) in [5.41, 5.74) is 0.952. The van der Waals surface area contributed by atoms with Gasteiger partial charge in [0.15, 0.2) is 12.4 Å². The van der Waals surface area contributed by atoms with Gasteiger partial charge in [-0.2, -0.15) is 0 Å². The summed E-state index contributed by atoms with van der Waals surface area (Å²) >= 11 is 0. The Bertz CT molecular complexity index is 403. The van der Waals surface area contributed by atoms with Crippen LogP contribution in [0, 0.1) is 0 Å². The molecule has 0 spiro atoms. The van der Waals surface area contributed by atoms with Crippen molar-refractivity contribution in [2.45, 2.75) is 24.6 Å². The summed E-state index contributed by atoms with van der Waals surface area (Å²) in [5, 5.41) is 9.82. The monoisotopic (exact) mass is 234 g/mol. The van der Waals surface area contributed by atoms with Gasteiger partial charge in [0.25, 0.3) is 0 Å². The van der Waals surface area contributed by atoms with Gasteiger partial charge in [-0.15, -0.1) is 0 Å². The molecule has 0 bridgehead atoms. The zero-order valence-corrected chi connectivity index (χ0v) is 9.23. The van der Waals surface area contributed by atoms with Crippen LogP contribution < -0.4 is 0 Å². The molecule has 0 amide bonds. The van der Waals surface area contributed by atoms with E-state index in [1.165, 1.54) is 6.26 Å². The zero-order chi connectivity index (χ0) is 11.7. The topological polar surface area (TPSA) is 47.9 Å². The molecule has 4 atom stereocenters. The molecule has 0 saturated carbocycles. The third-order valence-electron chi connectivity index (χ3n) is 3.00. The molecule has 17 heavy (non-hydrogen) atoms. The summed E-state index contributed by atoms with van der Waals surface area (Å²) in [4.78, 5) is 0. The highest BCUT2D eigenvalue weighted by Gasteiger charge is 2.39. The highest BCUT2D eigenvalue weighted by molar-refractivity contribution is 5.16. The Hall–Kier alpha value is -1.36. The van der Waals surface area contributed by atoms with E-state index < -0.39 is 12.4 Å². The number of ether oxygens (including phenoxy) is 3. The second kappa shape index (κ2) is 4.49. The van der Waals surface area contributed by atoms with Gasteiger partial charge in [-0.1, -0.05) is 30.3 Å². The van der Waals surface area contributed by atoms with E-state index in [-0.39, 0.29) is 12.2 Å². The molecular formula is C13H14O4. The maximum absolute atomic E-state index is 9.82. The predicted octanol–water partition coefficient (Wildman–Crippen LogP) is 1.37. The van der Waals surface area contributed by atoms with Gasteiger partial charge in [0, 0.05) is 5.56 Å². The van der Waals surface area contributed by atoms with Crippen LogP contribution in [0.4, 0.5) is 0 Å². The summed E-state index contributed by atoms with van der Waals surface area (Å²) < 4.78 is 16.7. The van der Waals surface area contributed by atoms with Crippen molar-refractivity contribution in [2.24, 2.45) is 0 Å². The van der Waals surface area contributed by atoms with E-state index in [1.807, 2.05) is 30.3 Å². The Morgan fingerprint density at radius 2 is 2.00 bits per heavy atom. The van der Waals surface area contributed by atoms with Crippen LogP contribution in [0.5, 0.6) is 0 Å². The van der Waals surface area contributed by atoms with E-state index in [2.05, 4.69) is 0 Å². The first kappa shape index (κ1) is 10.8. The summed E-state index contributed by atoms with van der Waals surface area (Å²) in [6, 6.07) is 9.69. The highest BCUT2D eigenvalue weighted by atomic mass is 16.7. The summed E-state index contributed by atoms with van der Waals surface area (Å²) in [7, 11) is 0. The third kappa shape index (κ3) is 2.07. The SMILES string of the molecule is O[C@H]1C=CO[C@@H]2COC(c3ccccc3)O[C@@H]12. The first-order chi connectivity index (χ1) is 8.34. The zero-order valence-electron chi connectivity index (χ0n) is 9.23. The first-order valence-electron chi connectivity index (χ1n) is 5.67. The smallest absolute Gasteiger partial charge is 0.184 e. The van der Waals surface area contributed by atoms with Crippen LogP contribution in [0.25, 0.3) is 0 Å². The van der Waals surface area contributed by atoms with Gasteiger partial charge in [0.2, 0.25) is 0 Å². The van der Waals surface area contributed by atoms with Crippen LogP contribution in [0.3, 0.4) is 0 Å². The lowest BCUT2D eigenvalue weighted by molar-refractivity contribution is -0.276. The van der Waals surface area contributed by atoms with Crippen molar-refractivity contribution >= 4 is 0 Å². The Balaban J connectivity index is 1.77. The normalized spacial score (nSPS) is 36.1. The van der Waals surface area contributed by atoms with E-state index in [1.54, 1.807) is 6.08 Å². The molecule has 0 radical (unpaired) electrons. The lowest BCUT2D eigenvalue weighted by Gasteiger charge is -2.39. The Kier molecular flexibility index (Phi) is 2.84. The van der Waals surface area contributed by atoms with Crippen molar-refractivity contribution in [3.8, 4) is 0 Å². The van der Waals surface area contributed by atoms with Crippen LogP contribution in [-0.4, -0.2) is 30.0 Å². The van der Waals surface area contributed by atoms with Crippen molar-refractivity contribution in [3.05, 3.63) is 48.2 Å². The Morgan fingerprint density at radius 1 is 1.18 bits per heavy atom. The molecule has 2 heterocycles. The van der Waals surface area contributed by atoms with Crippen LogP contribution in [0.2, 0.25) is 0 Å². The molecular weight excluding hydrogens is 220 g/mol. The van der Waals surface area contributed by atoms with E-state index in [0.29, 0.717) is 6.61 Å². The second-order valence-corrected chi connectivity index (χ2v) is 4.17. The molecule has 1 N–H and O–H groups in total. The number of aliphatic hydroxyl groups excluding tert-OH is 1. The van der Waals surface area contributed by atoms with Gasteiger partial charge in [0.05, 0.1) is 12.9 Å². The van der Waals surface area contributed by atoms with Crippen molar-refractivity contribution in [1.82, 2.24) is 0 Å². The van der Waals surface area contributed by atoms with Gasteiger partial charge in [-0.3, -0.25) is 0 Å². The molecule has 1 aromatic rings. The van der Waals surface area contributed by atoms with E-state index in [9.17, 15) is 5.11 Å². The van der Waals surface area contributed by atoms with Crippen LogP contribution in [0.15, 0.2) is 42.7 Å². The molecule has 2 aliphatic rings.